The van der Waals surface area contributed by atoms with Crippen molar-refractivity contribution in [1.82, 2.24) is 20.2 Å². The number of aromatic nitrogens is 4. The first-order chi connectivity index (χ1) is 11.6. The zero-order chi connectivity index (χ0) is 17.1. The van der Waals surface area contributed by atoms with E-state index >= 15 is 0 Å². The third-order valence-corrected chi connectivity index (χ3v) is 4.38. The molecule has 3 rings (SSSR count). The molecule has 0 amide bonds. The molecular weight excluding hydrogens is 374 g/mol. The van der Waals surface area contributed by atoms with Gasteiger partial charge in [0.1, 0.15) is 6.04 Å². The standard InChI is InChI=1S/C16H18BrN5O2/c1-3-4-9-24-15(23)13-10(2)18-16-19-20-21-22(16)14(13)11-5-7-12(17)8-6-11/h5-8,14H,3-4,9H2,1-2H3,(H,18,19,21). The van der Waals surface area contributed by atoms with Crippen molar-refractivity contribution in [2.75, 3.05) is 11.9 Å². The Hall–Kier alpha value is -2.22. The van der Waals surface area contributed by atoms with Gasteiger partial charge < -0.3 is 10.1 Å². The molecule has 1 aromatic carbocycles. The summed E-state index contributed by atoms with van der Waals surface area (Å²) in [5, 5.41) is 14.8. The smallest absolute Gasteiger partial charge is 0.338 e. The van der Waals surface area contributed by atoms with Crippen LogP contribution in [0.4, 0.5) is 5.95 Å². The van der Waals surface area contributed by atoms with E-state index in [1.54, 1.807) is 4.68 Å². The van der Waals surface area contributed by atoms with Gasteiger partial charge >= 0.3 is 5.97 Å². The Morgan fingerprint density at radius 3 is 2.83 bits per heavy atom. The summed E-state index contributed by atoms with van der Waals surface area (Å²) in [6.45, 7) is 4.29. The molecule has 24 heavy (non-hydrogen) atoms. The average molecular weight is 392 g/mol. The van der Waals surface area contributed by atoms with E-state index in [4.69, 9.17) is 4.74 Å². The summed E-state index contributed by atoms with van der Waals surface area (Å²) in [5.74, 6) is 0.160. The number of carbonyl (C=O) groups is 1. The van der Waals surface area contributed by atoms with Crippen molar-refractivity contribution in [3.63, 3.8) is 0 Å². The predicted octanol–water partition coefficient (Wildman–Crippen LogP) is 3.07. The molecule has 0 bridgehead atoms. The fourth-order valence-corrected chi connectivity index (χ4v) is 2.88. The number of halogens is 1. The molecule has 7 nitrogen and oxygen atoms in total. The number of benzene rings is 1. The van der Waals surface area contributed by atoms with E-state index in [1.807, 2.05) is 31.2 Å². The van der Waals surface area contributed by atoms with Gasteiger partial charge in [0, 0.05) is 10.2 Å². The first-order valence-electron chi connectivity index (χ1n) is 7.80. The second-order valence-electron chi connectivity index (χ2n) is 5.55. The van der Waals surface area contributed by atoms with E-state index in [2.05, 4.69) is 43.7 Å². The van der Waals surface area contributed by atoms with E-state index in [1.165, 1.54) is 0 Å². The number of ether oxygens (including phenoxy) is 1. The highest BCUT2D eigenvalue weighted by Crippen LogP contribution is 2.35. The van der Waals surface area contributed by atoms with Crippen LogP contribution in [0, 0.1) is 0 Å². The molecule has 1 atom stereocenters. The van der Waals surface area contributed by atoms with Gasteiger partial charge in [0.05, 0.1) is 12.2 Å². The Labute approximate surface area is 148 Å². The highest BCUT2D eigenvalue weighted by atomic mass is 79.9. The van der Waals surface area contributed by atoms with E-state index in [0.717, 1.165) is 22.9 Å². The molecule has 1 aromatic heterocycles. The highest BCUT2D eigenvalue weighted by molar-refractivity contribution is 9.10. The summed E-state index contributed by atoms with van der Waals surface area (Å²) < 4.78 is 8.00. The van der Waals surface area contributed by atoms with Crippen LogP contribution >= 0.6 is 15.9 Å². The van der Waals surface area contributed by atoms with E-state index < -0.39 is 6.04 Å². The zero-order valence-corrected chi connectivity index (χ0v) is 15.1. The van der Waals surface area contributed by atoms with Crippen LogP contribution in [-0.2, 0) is 9.53 Å². The lowest BCUT2D eigenvalue weighted by Gasteiger charge is -2.27. The summed E-state index contributed by atoms with van der Waals surface area (Å²) in [5.41, 5.74) is 2.13. The number of nitrogens with one attached hydrogen (secondary N) is 1. The van der Waals surface area contributed by atoms with Crippen molar-refractivity contribution in [1.29, 1.82) is 0 Å². The van der Waals surface area contributed by atoms with Crippen LogP contribution in [0.15, 0.2) is 40.0 Å². The lowest BCUT2D eigenvalue weighted by atomic mass is 9.96. The maximum absolute atomic E-state index is 12.7. The fourth-order valence-electron chi connectivity index (χ4n) is 2.62. The van der Waals surface area contributed by atoms with Gasteiger partial charge in [-0.1, -0.05) is 46.5 Å². The van der Waals surface area contributed by atoms with Crippen LogP contribution in [0.5, 0.6) is 0 Å². The normalized spacial score (nSPS) is 16.5. The minimum atomic E-state index is -0.418. The fraction of sp³-hybridized carbons (Fsp3) is 0.375. The number of nitrogens with zero attached hydrogens (tertiary/aromatic N) is 4. The molecule has 0 saturated carbocycles. The number of unbranched alkanes of at least 4 members (excludes halogenated alkanes) is 1. The van der Waals surface area contributed by atoms with Gasteiger partial charge in [-0.2, -0.15) is 4.68 Å². The Kier molecular flexibility index (Phi) is 4.94. The van der Waals surface area contributed by atoms with Crippen LogP contribution in [0.3, 0.4) is 0 Å². The van der Waals surface area contributed by atoms with Gasteiger partial charge in [-0.25, -0.2) is 4.79 Å². The lowest BCUT2D eigenvalue weighted by molar-refractivity contribution is -0.139. The van der Waals surface area contributed by atoms with Crippen molar-refractivity contribution in [3.05, 3.63) is 45.6 Å². The van der Waals surface area contributed by atoms with Gasteiger partial charge in [0.2, 0.25) is 5.95 Å². The van der Waals surface area contributed by atoms with Gasteiger partial charge in [0.25, 0.3) is 0 Å². The number of fused-ring (bicyclic) bond motifs is 1. The first kappa shape index (κ1) is 16.6. The second-order valence-corrected chi connectivity index (χ2v) is 6.47. The maximum Gasteiger partial charge on any atom is 0.338 e. The Morgan fingerprint density at radius 2 is 2.12 bits per heavy atom. The summed E-state index contributed by atoms with van der Waals surface area (Å²) >= 11 is 3.43. The van der Waals surface area contributed by atoms with Gasteiger partial charge in [-0.05, 0) is 41.5 Å². The second kappa shape index (κ2) is 7.12. The van der Waals surface area contributed by atoms with Crippen molar-refractivity contribution in [3.8, 4) is 0 Å². The van der Waals surface area contributed by atoms with Gasteiger partial charge in [-0.15, -0.1) is 0 Å². The molecule has 0 spiro atoms. The maximum atomic E-state index is 12.7. The largest absolute Gasteiger partial charge is 0.462 e. The molecular formula is C16H18BrN5O2. The van der Waals surface area contributed by atoms with E-state index in [0.29, 0.717) is 23.8 Å². The van der Waals surface area contributed by atoms with Crippen molar-refractivity contribution in [2.45, 2.75) is 32.7 Å². The van der Waals surface area contributed by atoms with E-state index in [-0.39, 0.29) is 5.97 Å². The SMILES string of the molecule is CCCCOC(=O)C1=C(C)Nc2nnnn2C1c1ccc(Br)cc1. The van der Waals surface area contributed by atoms with Crippen LogP contribution in [0.25, 0.3) is 0 Å². The predicted molar refractivity (Wildman–Crippen MR) is 92.3 cm³/mol. The summed E-state index contributed by atoms with van der Waals surface area (Å²) in [4.78, 5) is 12.7. The molecule has 2 aromatic rings. The molecule has 0 radical (unpaired) electrons. The molecule has 0 fully saturated rings. The molecule has 2 heterocycles. The number of carbonyl (C=O) groups excluding carboxylic acids is 1. The molecule has 1 N–H and O–H groups in total. The average Bonchev–Trinajstić information content (AvgIpc) is 3.02. The molecule has 0 saturated heterocycles. The third-order valence-electron chi connectivity index (χ3n) is 3.85. The first-order valence-corrected chi connectivity index (χ1v) is 8.59. The van der Waals surface area contributed by atoms with Gasteiger partial charge in [-0.3, -0.25) is 0 Å². The zero-order valence-electron chi connectivity index (χ0n) is 13.5. The summed E-state index contributed by atoms with van der Waals surface area (Å²) in [6.07, 6.45) is 1.81. The number of hydrogen-bond donors (Lipinski definition) is 1. The van der Waals surface area contributed by atoms with E-state index in [9.17, 15) is 4.79 Å². The number of anilines is 1. The highest BCUT2D eigenvalue weighted by Gasteiger charge is 2.34. The molecule has 1 aliphatic heterocycles. The minimum Gasteiger partial charge on any atom is -0.462 e. The lowest BCUT2D eigenvalue weighted by Crippen LogP contribution is -2.29. The topological polar surface area (TPSA) is 81.9 Å². The molecule has 8 heteroatoms. The Balaban J connectivity index is 2.00. The van der Waals surface area contributed by atoms with Crippen LogP contribution in [-0.4, -0.2) is 32.8 Å². The van der Waals surface area contributed by atoms with Crippen LogP contribution in [0.1, 0.15) is 38.3 Å². The molecule has 126 valence electrons. The number of tetrazole rings is 1. The van der Waals surface area contributed by atoms with Crippen molar-refractivity contribution < 1.29 is 9.53 Å². The van der Waals surface area contributed by atoms with Gasteiger partial charge in [0.15, 0.2) is 0 Å². The number of hydrogen-bond acceptors (Lipinski definition) is 6. The third kappa shape index (κ3) is 3.19. The van der Waals surface area contributed by atoms with Crippen LogP contribution in [0.2, 0.25) is 0 Å². The van der Waals surface area contributed by atoms with Crippen molar-refractivity contribution >= 4 is 27.8 Å². The van der Waals surface area contributed by atoms with Crippen molar-refractivity contribution in [2.24, 2.45) is 0 Å². The number of allylic oxidation sites excluding steroid dienone is 1. The number of rotatable bonds is 5. The summed E-state index contributed by atoms with van der Waals surface area (Å²) in [6, 6.07) is 7.32. The summed E-state index contributed by atoms with van der Waals surface area (Å²) in [7, 11) is 0. The quantitative estimate of drug-likeness (QED) is 0.622. The Bertz CT molecular complexity index is 769. The molecule has 1 aliphatic rings. The molecule has 1 unspecified atom stereocenters. The van der Waals surface area contributed by atoms with Crippen LogP contribution < -0.4 is 5.32 Å². The molecule has 0 aliphatic carbocycles. The minimum absolute atomic E-state index is 0.345. The monoisotopic (exact) mass is 391 g/mol. The Morgan fingerprint density at radius 1 is 1.38 bits per heavy atom. The number of esters is 1.